The fraction of sp³-hybridized carbons (Fsp3) is 0.571. The van der Waals surface area contributed by atoms with E-state index in [2.05, 4.69) is 4.72 Å². The van der Waals surface area contributed by atoms with Crippen LogP contribution in [0.5, 0.6) is 0 Å². The Balaban J connectivity index is 2.21. The molecule has 0 amide bonds. The maximum Gasteiger partial charge on any atom is 0.240 e. The zero-order valence-electron chi connectivity index (χ0n) is 11.7. The van der Waals surface area contributed by atoms with Gasteiger partial charge in [0.2, 0.25) is 10.0 Å². The second-order valence-corrected chi connectivity index (χ2v) is 7.17. The zero-order valence-corrected chi connectivity index (χ0v) is 12.5. The topological polar surface area (TPSA) is 72.2 Å². The van der Waals surface area contributed by atoms with E-state index in [1.807, 2.05) is 0 Å². The minimum atomic E-state index is -3.63. The minimum absolute atomic E-state index is 0.0333. The van der Waals surface area contributed by atoms with Gasteiger partial charge in [-0.1, -0.05) is 25.7 Å². The van der Waals surface area contributed by atoms with Gasteiger partial charge in [-0.3, -0.25) is 0 Å². The average molecular weight is 300 g/mol. The van der Waals surface area contributed by atoms with Gasteiger partial charge >= 0.3 is 0 Å². The van der Waals surface area contributed by atoms with Crippen molar-refractivity contribution in [3.8, 4) is 0 Å². The van der Waals surface area contributed by atoms with Crippen molar-refractivity contribution < 1.29 is 12.8 Å². The maximum atomic E-state index is 13.5. The summed E-state index contributed by atoms with van der Waals surface area (Å²) in [6, 6.07) is 2.47. The van der Waals surface area contributed by atoms with Gasteiger partial charge in [0.1, 0.15) is 5.82 Å². The van der Waals surface area contributed by atoms with E-state index in [0.29, 0.717) is 0 Å². The highest BCUT2D eigenvalue weighted by Gasteiger charge is 2.22. The summed E-state index contributed by atoms with van der Waals surface area (Å²) in [5.41, 5.74) is 5.62. The first-order valence-corrected chi connectivity index (χ1v) is 8.46. The van der Waals surface area contributed by atoms with Crippen molar-refractivity contribution in [1.82, 2.24) is 4.72 Å². The quantitative estimate of drug-likeness (QED) is 0.666. The molecule has 4 nitrogen and oxygen atoms in total. The van der Waals surface area contributed by atoms with Crippen LogP contribution in [0.2, 0.25) is 0 Å². The van der Waals surface area contributed by atoms with Gasteiger partial charge in [0, 0.05) is 6.04 Å². The molecule has 0 spiro atoms. The number of hydrogen-bond acceptors (Lipinski definition) is 3. The first-order chi connectivity index (χ1) is 9.40. The molecule has 0 atom stereocenters. The second-order valence-electron chi connectivity index (χ2n) is 5.45. The highest BCUT2D eigenvalue weighted by atomic mass is 32.2. The van der Waals surface area contributed by atoms with Crippen LogP contribution in [0.1, 0.15) is 44.1 Å². The molecule has 0 unspecified atom stereocenters. The van der Waals surface area contributed by atoms with E-state index in [1.165, 1.54) is 19.1 Å². The lowest BCUT2D eigenvalue weighted by Gasteiger charge is -2.17. The molecule has 112 valence electrons. The van der Waals surface area contributed by atoms with E-state index in [0.717, 1.165) is 38.5 Å². The van der Waals surface area contributed by atoms with E-state index < -0.39 is 15.8 Å². The Kier molecular flexibility index (Phi) is 4.65. The van der Waals surface area contributed by atoms with Crippen LogP contribution >= 0.6 is 0 Å². The number of anilines is 1. The van der Waals surface area contributed by atoms with E-state index >= 15 is 0 Å². The molecule has 20 heavy (non-hydrogen) atoms. The molecule has 1 aromatic rings. The number of rotatable bonds is 3. The van der Waals surface area contributed by atoms with Crippen LogP contribution in [0.3, 0.4) is 0 Å². The summed E-state index contributed by atoms with van der Waals surface area (Å²) in [5.74, 6) is -0.557. The molecule has 1 saturated carbocycles. The molecule has 6 heteroatoms. The van der Waals surface area contributed by atoms with Crippen LogP contribution in [0.4, 0.5) is 10.1 Å². The Labute approximate surface area is 119 Å². The fourth-order valence-electron chi connectivity index (χ4n) is 2.60. The second kappa shape index (κ2) is 6.10. The van der Waals surface area contributed by atoms with Crippen molar-refractivity contribution in [2.45, 2.75) is 56.4 Å². The molecule has 0 aromatic heterocycles. The van der Waals surface area contributed by atoms with Crippen LogP contribution in [0, 0.1) is 12.7 Å². The summed E-state index contributed by atoms with van der Waals surface area (Å²) in [6.07, 6.45) is 6.10. The molecular weight excluding hydrogens is 279 g/mol. The van der Waals surface area contributed by atoms with Crippen LogP contribution in [-0.2, 0) is 10.0 Å². The number of benzene rings is 1. The monoisotopic (exact) mass is 300 g/mol. The van der Waals surface area contributed by atoms with Crippen molar-refractivity contribution in [3.05, 3.63) is 23.5 Å². The molecule has 1 aromatic carbocycles. The van der Waals surface area contributed by atoms with Crippen LogP contribution < -0.4 is 10.5 Å². The Morgan fingerprint density at radius 3 is 2.35 bits per heavy atom. The predicted molar refractivity (Wildman–Crippen MR) is 77.4 cm³/mol. The average Bonchev–Trinajstić information content (AvgIpc) is 2.63. The van der Waals surface area contributed by atoms with Crippen LogP contribution in [0.25, 0.3) is 0 Å². The van der Waals surface area contributed by atoms with Gasteiger partial charge in [0.05, 0.1) is 10.6 Å². The molecule has 0 radical (unpaired) electrons. The number of halogens is 1. The van der Waals surface area contributed by atoms with Crippen LogP contribution in [-0.4, -0.2) is 14.5 Å². The smallest absolute Gasteiger partial charge is 0.240 e. The Hall–Kier alpha value is -1.14. The van der Waals surface area contributed by atoms with Crippen molar-refractivity contribution >= 4 is 15.7 Å². The predicted octanol–water partition coefficient (Wildman–Crippen LogP) is 2.72. The van der Waals surface area contributed by atoms with Gasteiger partial charge in [0.25, 0.3) is 0 Å². The molecule has 0 heterocycles. The Bertz CT molecular complexity index is 556. The number of hydrogen-bond donors (Lipinski definition) is 2. The number of aryl methyl sites for hydroxylation is 1. The molecule has 1 aliphatic rings. The van der Waals surface area contributed by atoms with Crippen molar-refractivity contribution in [2.24, 2.45) is 0 Å². The molecule has 0 aliphatic heterocycles. The molecule has 0 bridgehead atoms. The summed E-state index contributed by atoms with van der Waals surface area (Å²) in [6.45, 7) is 1.51. The van der Waals surface area contributed by atoms with Crippen LogP contribution in [0.15, 0.2) is 17.0 Å². The molecular formula is C14H21FN2O2S. The molecule has 3 N–H and O–H groups in total. The highest BCUT2D eigenvalue weighted by molar-refractivity contribution is 7.89. The van der Waals surface area contributed by atoms with Gasteiger partial charge in [-0.15, -0.1) is 0 Å². The standard InChI is InChI=1S/C14H21FN2O2S/c1-10-8-12(9-13(16)14(10)15)20(18,19)17-11-6-4-2-3-5-7-11/h8-9,11,17H,2-7,16H2,1H3. The largest absolute Gasteiger partial charge is 0.396 e. The zero-order chi connectivity index (χ0) is 14.8. The summed E-state index contributed by atoms with van der Waals surface area (Å²) in [4.78, 5) is 0.0400. The van der Waals surface area contributed by atoms with Crippen molar-refractivity contribution in [1.29, 1.82) is 0 Å². The van der Waals surface area contributed by atoms with Gasteiger partial charge in [0.15, 0.2) is 0 Å². The van der Waals surface area contributed by atoms with E-state index in [-0.39, 0.29) is 22.2 Å². The Morgan fingerprint density at radius 1 is 1.20 bits per heavy atom. The molecule has 1 aliphatic carbocycles. The van der Waals surface area contributed by atoms with Crippen molar-refractivity contribution in [2.75, 3.05) is 5.73 Å². The number of nitrogens with two attached hydrogens (primary N) is 1. The van der Waals surface area contributed by atoms with E-state index in [4.69, 9.17) is 5.73 Å². The third kappa shape index (κ3) is 3.49. The van der Waals surface area contributed by atoms with Gasteiger partial charge in [-0.2, -0.15) is 0 Å². The van der Waals surface area contributed by atoms with Gasteiger partial charge in [-0.25, -0.2) is 17.5 Å². The van der Waals surface area contributed by atoms with E-state index in [9.17, 15) is 12.8 Å². The Morgan fingerprint density at radius 2 is 1.80 bits per heavy atom. The fourth-order valence-corrected chi connectivity index (χ4v) is 4.03. The number of sulfonamides is 1. The summed E-state index contributed by atoms with van der Waals surface area (Å²) < 4.78 is 40.9. The lowest BCUT2D eigenvalue weighted by Crippen LogP contribution is -2.34. The summed E-state index contributed by atoms with van der Waals surface area (Å²) in [7, 11) is -3.63. The molecule has 0 saturated heterocycles. The lowest BCUT2D eigenvalue weighted by atomic mass is 10.1. The number of nitrogens with one attached hydrogen (secondary N) is 1. The van der Waals surface area contributed by atoms with Gasteiger partial charge < -0.3 is 5.73 Å². The first-order valence-electron chi connectivity index (χ1n) is 6.98. The third-order valence-electron chi connectivity index (χ3n) is 3.74. The number of nitrogen functional groups attached to an aromatic ring is 1. The summed E-state index contributed by atoms with van der Waals surface area (Å²) >= 11 is 0. The molecule has 1 fully saturated rings. The highest BCUT2D eigenvalue weighted by Crippen LogP contribution is 2.23. The first kappa shape index (κ1) is 15.3. The normalized spacial score (nSPS) is 17.9. The lowest BCUT2D eigenvalue weighted by molar-refractivity contribution is 0.509. The van der Waals surface area contributed by atoms with Gasteiger partial charge in [-0.05, 0) is 37.5 Å². The third-order valence-corrected chi connectivity index (χ3v) is 5.24. The van der Waals surface area contributed by atoms with Crippen molar-refractivity contribution in [3.63, 3.8) is 0 Å². The maximum absolute atomic E-state index is 13.5. The summed E-state index contributed by atoms with van der Waals surface area (Å²) in [5, 5.41) is 0. The molecule has 2 rings (SSSR count). The minimum Gasteiger partial charge on any atom is -0.396 e. The van der Waals surface area contributed by atoms with E-state index in [1.54, 1.807) is 0 Å². The SMILES string of the molecule is Cc1cc(S(=O)(=O)NC2CCCCCC2)cc(N)c1F.